The Balaban J connectivity index is 2.29. The molecule has 1 saturated heterocycles. The molecule has 1 amide bonds. The summed E-state index contributed by atoms with van der Waals surface area (Å²) in [6.07, 6.45) is 0.0747. The molecule has 0 bridgehead atoms. The first-order valence-corrected chi connectivity index (χ1v) is 7.25. The zero-order chi connectivity index (χ0) is 15.4. The predicted molar refractivity (Wildman–Crippen MR) is 83.0 cm³/mol. The highest BCUT2D eigenvalue weighted by atomic mass is 16.5. The van der Waals surface area contributed by atoms with E-state index in [4.69, 9.17) is 10.5 Å². The van der Waals surface area contributed by atoms with Crippen LogP contribution in [0.5, 0.6) is 0 Å². The van der Waals surface area contributed by atoms with Gasteiger partial charge in [0.25, 0.3) is 5.91 Å². The Morgan fingerprint density at radius 1 is 1.48 bits per heavy atom. The number of hydrogen-bond donors (Lipinski definition) is 1. The molecular weight excluding hydrogens is 264 g/mol. The van der Waals surface area contributed by atoms with Gasteiger partial charge in [0.05, 0.1) is 25.3 Å². The fourth-order valence-electron chi connectivity index (χ4n) is 2.42. The van der Waals surface area contributed by atoms with Gasteiger partial charge in [-0.05, 0) is 38.5 Å². The number of amides is 1. The minimum atomic E-state index is 0.0477. The monoisotopic (exact) mass is 286 g/mol. The predicted octanol–water partition coefficient (Wildman–Crippen LogP) is 1.55. The van der Waals surface area contributed by atoms with Crippen LogP contribution in [0.4, 0.5) is 0 Å². The average molecular weight is 286 g/mol. The van der Waals surface area contributed by atoms with Gasteiger partial charge in [0.1, 0.15) is 0 Å². The number of hydrogen-bond acceptors (Lipinski definition) is 3. The molecule has 2 N–H and O–H groups in total. The number of aryl methyl sites for hydroxylation is 1. The largest absolute Gasteiger partial charge is 0.375 e. The number of ether oxygens (including phenoxy) is 1. The van der Waals surface area contributed by atoms with E-state index < -0.39 is 0 Å². The van der Waals surface area contributed by atoms with E-state index >= 15 is 0 Å². The van der Waals surface area contributed by atoms with E-state index in [1.54, 1.807) is 0 Å². The van der Waals surface area contributed by atoms with Gasteiger partial charge in [0, 0.05) is 17.7 Å². The standard InChI is InChI=1S/C17H22N2O2/c1-12-6-7-15(5-4-8-18)9-16(12)17(20)19-10-14(3)21-11-13(19)2/h6-7,9,13-14H,8,10-11,18H2,1-3H3. The van der Waals surface area contributed by atoms with Gasteiger partial charge >= 0.3 is 0 Å². The van der Waals surface area contributed by atoms with Crippen molar-refractivity contribution in [3.63, 3.8) is 0 Å². The maximum Gasteiger partial charge on any atom is 0.254 e. The van der Waals surface area contributed by atoms with E-state index in [1.165, 1.54) is 0 Å². The number of carbonyl (C=O) groups is 1. The van der Waals surface area contributed by atoms with Gasteiger partial charge in [0.2, 0.25) is 0 Å². The van der Waals surface area contributed by atoms with Crippen LogP contribution in [0.2, 0.25) is 0 Å². The van der Waals surface area contributed by atoms with E-state index in [1.807, 2.05) is 43.9 Å². The molecule has 0 aromatic heterocycles. The summed E-state index contributed by atoms with van der Waals surface area (Å²) in [5.74, 6) is 5.85. The minimum absolute atomic E-state index is 0.0477. The Morgan fingerprint density at radius 2 is 2.24 bits per heavy atom. The van der Waals surface area contributed by atoms with Crippen LogP contribution >= 0.6 is 0 Å². The van der Waals surface area contributed by atoms with Crippen molar-refractivity contribution < 1.29 is 9.53 Å². The van der Waals surface area contributed by atoms with Crippen molar-refractivity contribution in [1.29, 1.82) is 0 Å². The summed E-state index contributed by atoms with van der Waals surface area (Å²) < 4.78 is 5.58. The summed E-state index contributed by atoms with van der Waals surface area (Å²) in [6, 6.07) is 5.79. The van der Waals surface area contributed by atoms with Crippen molar-refractivity contribution in [2.45, 2.75) is 32.9 Å². The summed E-state index contributed by atoms with van der Waals surface area (Å²) >= 11 is 0. The zero-order valence-corrected chi connectivity index (χ0v) is 12.8. The van der Waals surface area contributed by atoms with Crippen LogP contribution in [-0.2, 0) is 4.74 Å². The molecule has 4 nitrogen and oxygen atoms in total. The van der Waals surface area contributed by atoms with Crippen molar-refractivity contribution in [2.75, 3.05) is 19.7 Å². The SMILES string of the molecule is Cc1ccc(C#CCN)cc1C(=O)N1CC(C)OCC1C. The first-order chi connectivity index (χ1) is 10.0. The van der Waals surface area contributed by atoms with E-state index in [9.17, 15) is 4.79 Å². The Hall–Kier alpha value is -1.83. The zero-order valence-electron chi connectivity index (χ0n) is 12.8. The molecule has 1 aliphatic heterocycles. The molecule has 1 aliphatic rings. The van der Waals surface area contributed by atoms with Crippen molar-refractivity contribution >= 4 is 5.91 Å². The van der Waals surface area contributed by atoms with Crippen LogP contribution in [0.3, 0.4) is 0 Å². The molecule has 112 valence electrons. The van der Waals surface area contributed by atoms with Crippen LogP contribution in [0, 0.1) is 18.8 Å². The summed E-state index contributed by atoms with van der Waals surface area (Å²) in [5.41, 5.74) is 7.89. The van der Waals surface area contributed by atoms with Gasteiger partial charge in [-0.15, -0.1) is 0 Å². The van der Waals surface area contributed by atoms with Gasteiger partial charge in [-0.25, -0.2) is 0 Å². The molecular formula is C17H22N2O2. The smallest absolute Gasteiger partial charge is 0.254 e. The van der Waals surface area contributed by atoms with Gasteiger partial charge in [-0.3, -0.25) is 4.79 Å². The van der Waals surface area contributed by atoms with E-state index in [0.717, 1.165) is 11.1 Å². The highest BCUT2D eigenvalue weighted by molar-refractivity contribution is 5.96. The lowest BCUT2D eigenvalue weighted by Crippen LogP contribution is -2.50. The van der Waals surface area contributed by atoms with Crippen LogP contribution in [0.25, 0.3) is 0 Å². The molecule has 1 aromatic rings. The Bertz CT molecular complexity index is 586. The van der Waals surface area contributed by atoms with Crippen molar-refractivity contribution in [3.8, 4) is 11.8 Å². The van der Waals surface area contributed by atoms with Crippen LogP contribution in [0.1, 0.15) is 35.3 Å². The third-order valence-corrected chi connectivity index (χ3v) is 3.67. The summed E-state index contributed by atoms with van der Waals surface area (Å²) in [6.45, 7) is 7.47. The normalized spacial score (nSPS) is 21.6. The molecule has 2 unspecified atom stereocenters. The highest BCUT2D eigenvalue weighted by Gasteiger charge is 2.28. The fourth-order valence-corrected chi connectivity index (χ4v) is 2.42. The first kappa shape index (κ1) is 15.6. The molecule has 1 fully saturated rings. The second-order valence-corrected chi connectivity index (χ2v) is 5.49. The number of nitrogens with zero attached hydrogens (tertiary/aromatic N) is 1. The lowest BCUT2D eigenvalue weighted by atomic mass is 10.0. The second-order valence-electron chi connectivity index (χ2n) is 5.49. The summed E-state index contributed by atoms with van der Waals surface area (Å²) in [4.78, 5) is 14.7. The molecule has 0 spiro atoms. The van der Waals surface area contributed by atoms with Crippen molar-refractivity contribution in [3.05, 3.63) is 34.9 Å². The molecule has 2 rings (SSSR count). The third kappa shape index (κ3) is 3.63. The minimum Gasteiger partial charge on any atom is -0.375 e. The van der Waals surface area contributed by atoms with Crippen molar-refractivity contribution in [2.24, 2.45) is 5.73 Å². The second kappa shape index (κ2) is 6.75. The molecule has 0 saturated carbocycles. The molecule has 21 heavy (non-hydrogen) atoms. The van der Waals surface area contributed by atoms with Gasteiger partial charge in [-0.2, -0.15) is 0 Å². The van der Waals surface area contributed by atoms with Gasteiger partial charge in [-0.1, -0.05) is 17.9 Å². The number of benzene rings is 1. The fraction of sp³-hybridized carbons (Fsp3) is 0.471. The molecule has 1 heterocycles. The molecule has 1 aromatic carbocycles. The number of morpholine rings is 1. The summed E-state index contributed by atoms with van der Waals surface area (Å²) in [7, 11) is 0. The Labute approximate surface area is 126 Å². The van der Waals surface area contributed by atoms with Gasteiger partial charge < -0.3 is 15.4 Å². The van der Waals surface area contributed by atoms with E-state index in [2.05, 4.69) is 11.8 Å². The number of carbonyl (C=O) groups excluding carboxylic acids is 1. The Morgan fingerprint density at radius 3 is 2.95 bits per heavy atom. The highest BCUT2D eigenvalue weighted by Crippen LogP contribution is 2.18. The summed E-state index contributed by atoms with van der Waals surface area (Å²) in [5, 5.41) is 0. The molecule has 0 radical (unpaired) electrons. The molecule has 2 atom stereocenters. The van der Waals surface area contributed by atoms with E-state index in [0.29, 0.717) is 25.3 Å². The topological polar surface area (TPSA) is 55.6 Å². The molecule has 0 aliphatic carbocycles. The maximum absolute atomic E-state index is 12.8. The van der Waals surface area contributed by atoms with Gasteiger partial charge in [0.15, 0.2) is 0 Å². The first-order valence-electron chi connectivity index (χ1n) is 7.25. The maximum atomic E-state index is 12.8. The lowest BCUT2D eigenvalue weighted by molar-refractivity contribution is -0.0387. The number of rotatable bonds is 1. The van der Waals surface area contributed by atoms with Crippen LogP contribution < -0.4 is 5.73 Å². The van der Waals surface area contributed by atoms with E-state index in [-0.39, 0.29) is 18.1 Å². The van der Waals surface area contributed by atoms with Crippen LogP contribution in [0.15, 0.2) is 18.2 Å². The third-order valence-electron chi connectivity index (χ3n) is 3.67. The van der Waals surface area contributed by atoms with Crippen molar-refractivity contribution in [1.82, 2.24) is 4.90 Å². The van der Waals surface area contributed by atoms with Crippen LogP contribution in [-0.4, -0.2) is 42.6 Å². The Kier molecular flexibility index (Phi) is 5.00. The number of nitrogens with two attached hydrogens (primary N) is 1. The molecule has 4 heteroatoms. The lowest BCUT2D eigenvalue weighted by Gasteiger charge is -2.37. The average Bonchev–Trinajstić information content (AvgIpc) is 2.48. The quantitative estimate of drug-likeness (QED) is 0.797.